The van der Waals surface area contributed by atoms with Gasteiger partial charge in [0.1, 0.15) is 0 Å². The smallest absolute Gasteiger partial charge is 0.185 e. The average molecular weight is 279 g/mol. The van der Waals surface area contributed by atoms with Crippen LogP contribution in [-0.4, -0.2) is 25.1 Å². The Balaban J connectivity index is 1.81. The van der Waals surface area contributed by atoms with Gasteiger partial charge >= 0.3 is 0 Å². The summed E-state index contributed by atoms with van der Waals surface area (Å²) in [4.78, 5) is 8.97. The maximum absolute atomic E-state index is 4.99. The molecule has 1 saturated carbocycles. The fourth-order valence-electron chi connectivity index (χ4n) is 3.27. The Bertz CT molecular complexity index is 429. The van der Waals surface area contributed by atoms with Crippen LogP contribution in [0.25, 0.3) is 0 Å². The van der Waals surface area contributed by atoms with E-state index in [4.69, 9.17) is 4.98 Å². The van der Waals surface area contributed by atoms with E-state index in [9.17, 15) is 0 Å². The van der Waals surface area contributed by atoms with E-state index in [-0.39, 0.29) is 0 Å². The van der Waals surface area contributed by atoms with Crippen molar-refractivity contribution in [3.63, 3.8) is 0 Å². The van der Waals surface area contributed by atoms with E-state index < -0.39 is 0 Å². The number of thiazole rings is 1. The molecule has 2 unspecified atom stereocenters. The lowest BCUT2D eigenvalue weighted by molar-refractivity contribution is 0.356. The third kappa shape index (κ3) is 2.95. The Morgan fingerprint density at radius 3 is 2.53 bits per heavy atom. The van der Waals surface area contributed by atoms with E-state index in [0.29, 0.717) is 0 Å². The third-order valence-electron chi connectivity index (χ3n) is 4.16. The second-order valence-corrected chi connectivity index (χ2v) is 7.52. The van der Waals surface area contributed by atoms with Gasteiger partial charge in [0.25, 0.3) is 0 Å². The number of nitrogens with one attached hydrogen (secondary N) is 1. The summed E-state index contributed by atoms with van der Waals surface area (Å²) in [5.41, 5.74) is 1.39. The van der Waals surface area contributed by atoms with Crippen LogP contribution in [0.4, 0.5) is 5.13 Å². The first-order valence-corrected chi connectivity index (χ1v) is 8.38. The van der Waals surface area contributed by atoms with Crippen molar-refractivity contribution in [1.29, 1.82) is 0 Å². The molecule has 2 fully saturated rings. The highest BCUT2D eigenvalue weighted by molar-refractivity contribution is 7.15. The second-order valence-electron chi connectivity index (χ2n) is 6.46. The van der Waals surface area contributed by atoms with Gasteiger partial charge in [-0.2, -0.15) is 0 Å². The Morgan fingerprint density at radius 1 is 1.26 bits per heavy atom. The molecule has 1 N–H and O–H groups in total. The first-order valence-electron chi connectivity index (χ1n) is 7.56. The van der Waals surface area contributed by atoms with Gasteiger partial charge in [0.05, 0.1) is 5.69 Å². The molecule has 2 atom stereocenters. The number of piperidine rings is 1. The van der Waals surface area contributed by atoms with Crippen LogP contribution in [0.2, 0.25) is 0 Å². The quantitative estimate of drug-likeness (QED) is 0.917. The van der Waals surface area contributed by atoms with Crippen LogP contribution in [0.1, 0.15) is 49.6 Å². The predicted octanol–water partition coefficient (Wildman–Crippen LogP) is 3.22. The summed E-state index contributed by atoms with van der Waals surface area (Å²) in [6, 6.07) is 0. The van der Waals surface area contributed by atoms with Crippen molar-refractivity contribution < 1.29 is 0 Å². The lowest BCUT2D eigenvalue weighted by atomic mass is 9.92. The molecule has 2 aliphatic rings. The average Bonchev–Trinajstić information content (AvgIpc) is 3.10. The Kier molecular flexibility index (Phi) is 3.81. The Labute approximate surface area is 120 Å². The summed E-state index contributed by atoms with van der Waals surface area (Å²) in [5.74, 6) is 2.35. The highest BCUT2D eigenvalue weighted by atomic mass is 32.1. The molecule has 1 aromatic rings. The molecule has 1 aliphatic heterocycles. The minimum absolute atomic E-state index is 0.757. The van der Waals surface area contributed by atoms with Crippen molar-refractivity contribution in [1.82, 2.24) is 10.3 Å². The molecule has 1 saturated heterocycles. The normalized spacial score (nSPS) is 27.8. The Hall–Kier alpha value is -0.610. The molecule has 3 nitrogen and oxygen atoms in total. The van der Waals surface area contributed by atoms with Gasteiger partial charge in [-0.1, -0.05) is 13.8 Å². The van der Waals surface area contributed by atoms with Crippen LogP contribution >= 0.6 is 11.3 Å². The van der Waals surface area contributed by atoms with Crippen LogP contribution in [0.15, 0.2) is 0 Å². The third-order valence-corrected chi connectivity index (χ3v) is 5.29. The molecule has 4 heteroatoms. The molecule has 106 valence electrons. The van der Waals surface area contributed by atoms with Gasteiger partial charge < -0.3 is 10.2 Å². The summed E-state index contributed by atoms with van der Waals surface area (Å²) in [5, 5.41) is 4.56. The van der Waals surface area contributed by atoms with E-state index in [1.54, 1.807) is 0 Å². The molecular formula is C15H25N3S. The van der Waals surface area contributed by atoms with E-state index in [1.165, 1.54) is 48.1 Å². The van der Waals surface area contributed by atoms with Crippen LogP contribution in [0.5, 0.6) is 0 Å². The van der Waals surface area contributed by atoms with Crippen molar-refractivity contribution in [3.8, 4) is 0 Å². The van der Waals surface area contributed by atoms with Crippen LogP contribution in [0.3, 0.4) is 0 Å². The summed E-state index contributed by atoms with van der Waals surface area (Å²) in [7, 11) is 2.03. The van der Waals surface area contributed by atoms with Crippen LogP contribution in [0, 0.1) is 11.8 Å². The van der Waals surface area contributed by atoms with Gasteiger partial charge in [0.2, 0.25) is 0 Å². The maximum atomic E-state index is 4.99. The second kappa shape index (κ2) is 5.41. The molecule has 0 spiro atoms. The molecule has 3 rings (SSSR count). The zero-order valence-electron chi connectivity index (χ0n) is 12.3. The van der Waals surface area contributed by atoms with Crippen molar-refractivity contribution in [3.05, 3.63) is 10.6 Å². The van der Waals surface area contributed by atoms with E-state index >= 15 is 0 Å². The summed E-state index contributed by atoms with van der Waals surface area (Å²) >= 11 is 1.92. The Morgan fingerprint density at radius 2 is 1.95 bits per heavy atom. The largest absolute Gasteiger partial charge is 0.348 e. The molecule has 1 aliphatic carbocycles. The minimum Gasteiger partial charge on any atom is -0.348 e. The maximum Gasteiger partial charge on any atom is 0.185 e. The number of nitrogens with zero attached hydrogens (tertiary/aromatic N) is 2. The van der Waals surface area contributed by atoms with E-state index in [1.807, 2.05) is 18.4 Å². The summed E-state index contributed by atoms with van der Waals surface area (Å²) < 4.78 is 0. The summed E-state index contributed by atoms with van der Waals surface area (Å²) in [6.45, 7) is 8.07. The predicted molar refractivity (Wildman–Crippen MR) is 82.0 cm³/mol. The molecule has 0 amide bonds. The molecule has 0 bridgehead atoms. The van der Waals surface area contributed by atoms with Crippen LogP contribution < -0.4 is 10.2 Å². The highest BCUT2D eigenvalue weighted by Crippen LogP contribution is 2.44. The number of aromatic nitrogens is 1. The van der Waals surface area contributed by atoms with Crippen molar-refractivity contribution in [2.75, 3.05) is 25.0 Å². The SMILES string of the molecule is CNCc1sc(N2CC(C)CC(C)C2)nc1C1CC1. The summed E-state index contributed by atoms with van der Waals surface area (Å²) in [6.07, 6.45) is 4.04. The minimum atomic E-state index is 0.757. The van der Waals surface area contributed by atoms with Gasteiger partial charge in [-0.05, 0) is 38.1 Å². The van der Waals surface area contributed by atoms with Crippen LogP contribution in [-0.2, 0) is 6.54 Å². The first kappa shape index (κ1) is 13.4. The van der Waals surface area contributed by atoms with Gasteiger partial charge in [-0.3, -0.25) is 0 Å². The lowest BCUT2D eigenvalue weighted by Gasteiger charge is -2.34. The molecule has 2 heterocycles. The van der Waals surface area contributed by atoms with Gasteiger partial charge in [0.15, 0.2) is 5.13 Å². The van der Waals surface area contributed by atoms with Gasteiger partial charge in [0, 0.05) is 30.4 Å². The fraction of sp³-hybridized carbons (Fsp3) is 0.800. The molecule has 0 aromatic carbocycles. The molecule has 0 radical (unpaired) electrons. The van der Waals surface area contributed by atoms with E-state index in [2.05, 4.69) is 24.1 Å². The molecule has 1 aromatic heterocycles. The lowest BCUT2D eigenvalue weighted by Crippen LogP contribution is -2.38. The highest BCUT2D eigenvalue weighted by Gasteiger charge is 2.31. The van der Waals surface area contributed by atoms with Crippen molar-refractivity contribution in [2.24, 2.45) is 11.8 Å². The zero-order valence-corrected chi connectivity index (χ0v) is 13.1. The number of anilines is 1. The molecular weight excluding hydrogens is 254 g/mol. The number of hydrogen-bond donors (Lipinski definition) is 1. The standard InChI is InChI=1S/C15H25N3S/c1-10-6-11(2)9-18(8-10)15-17-14(12-4-5-12)13(19-15)7-16-3/h10-12,16H,4-9H2,1-3H3. The zero-order chi connectivity index (χ0) is 13.4. The molecule has 19 heavy (non-hydrogen) atoms. The van der Waals surface area contributed by atoms with Gasteiger partial charge in [-0.15, -0.1) is 11.3 Å². The van der Waals surface area contributed by atoms with Crippen molar-refractivity contribution in [2.45, 2.75) is 45.6 Å². The van der Waals surface area contributed by atoms with E-state index in [0.717, 1.165) is 24.3 Å². The van der Waals surface area contributed by atoms with Gasteiger partial charge in [-0.25, -0.2) is 4.98 Å². The topological polar surface area (TPSA) is 28.2 Å². The fourth-order valence-corrected chi connectivity index (χ4v) is 4.44. The van der Waals surface area contributed by atoms with Crippen molar-refractivity contribution >= 4 is 16.5 Å². The number of rotatable bonds is 4. The first-order chi connectivity index (χ1) is 9.17. The monoisotopic (exact) mass is 279 g/mol. The number of hydrogen-bond acceptors (Lipinski definition) is 4.